The smallest absolute Gasteiger partial charge is 0.0368 e. The highest BCUT2D eigenvalue weighted by Crippen LogP contribution is 2.26. The Morgan fingerprint density at radius 1 is 1.17 bits per heavy atom. The Labute approximate surface area is 112 Å². The van der Waals surface area contributed by atoms with Gasteiger partial charge in [0.1, 0.15) is 0 Å². The molecule has 1 fully saturated rings. The molecule has 1 aliphatic rings. The van der Waals surface area contributed by atoms with E-state index >= 15 is 0 Å². The maximum absolute atomic E-state index is 2.55. The summed E-state index contributed by atoms with van der Waals surface area (Å²) < 4.78 is 0. The fraction of sp³-hybridized carbons (Fsp3) is 0.647. The quantitative estimate of drug-likeness (QED) is 0.741. The molecule has 0 atom stereocenters. The minimum absolute atomic E-state index is 0.370. The lowest BCUT2D eigenvalue weighted by Crippen LogP contribution is -2.32. The fourth-order valence-electron chi connectivity index (χ4n) is 2.74. The molecule has 0 spiro atoms. The van der Waals surface area contributed by atoms with Crippen LogP contribution in [-0.4, -0.2) is 13.1 Å². The third kappa shape index (κ3) is 3.76. The van der Waals surface area contributed by atoms with E-state index in [4.69, 9.17) is 0 Å². The summed E-state index contributed by atoms with van der Waals surface area (Å²) in [6.45, 7) is 11.7. The van der Waals surface area contributed by atoms with Crippen LogP contribution in [0, 0.1) is 11.3 Å². The molecule has 0 amide bonds. The molecule has 1 heteroatoms. The minimum atomic E-state index is 0.370. The molecule has 0 radical (unpaired) electrons. The standard InChI is InChI=1S/C17H27N/c1-14-8-10-18(11-9-14)16-7-5-6-15(12-16)13-17(2,3)4/h5-7,12,14H,8-11,13H2,1-4H3. The van der Waals surface area contributed by atoms with Crippen LogP contribution in [0.1, 0.15) is 46.1 Å². The topological polar surface area (TPSA) is 3.24 Å². The summed E-state index contributed by atoms with van der Waals surface area (Å²) >= 11 is 0. The van der Waals surface area contributed by atoms with E-state index in [9.17, 15) is 0 Å². The Balaban J connectivity index is 2.07. The number of nitrogens with zero attached hydrogens (tertiary/aromatic N) is 1. The maximum atomic E-state index is 2.55. The summed E-state index contributed by atoms with van der Waals surface area (Å²) in [5.74, 6) is 0.902. The van der Waals surface area contributed by atoms with Crippen molar-refractivity contribution in [1.82, 2.24) is 0 Å². The van der Waals surface area contributed by atoms with Gasteiger partial charge in [0, 0.05) is 18.8 Å². The lowest BCUT2D eigenvalue weighted by molar-refractivity contribution is 0.411. The zero-order valence-corrected chi connectivity index (χ0v) is 12.4. The molecule has 18 heavy (non-hydrogen) atoms. The molecule has 1 aromatic rings. The van der Waals surface area contributed by atoms with Gasteiger partial charge >= 0.3 is 0 Å². The van der Waals surface area contributed by atoms with Crippen molar-refractivity contribution < 1.29 is 0 Å². The second kappa shape index (κ2) is 5.34. The number of anilines is 1. The Morgan fingerprint density at radius 3 is 2.44 bits per heavy atom. The lowest BCUT2D eigenvalue weighted by Gasteiger charge is -2.32. The van der Waals surface area contributed by atoms with Crippen LogP contribution in [0.15, 0.2) is 24.3 Å². The van der Waals surface area contributed by atoms with Crippen LogP contribution in [0.25, 0.3) is 0 Å². The molecule has 2 rings (SSSR count). The van der Waals surface area contributed by atoms with Crippen LogP contribution in [0.3, 0.4) is 0 Å². The first-order valence-corrected chi connectivity index (χ1v) is 7.28. The molecule has 0 saturated carbocycles. The molecule has 0 aliphatic carbocycles. The van der Waals surface area contributed by atoms with E-state index in [0.717, 1.165) is 12.3 Å². The van der Waals surface area contributed by atoms with Crippen LogP contribution < -0.4 is 4.90 Å². The second-order valence-electron chi connectivity index (χ2n) is 7.08. The minimum Gasteiger partial charge on any atom is -0.372 e. The first-order chi connectivity index (χ1) is 8.44. The summed E-state index contributed by atoms with van der Waals surface area (Å²) in [5.41, 5.74) is 3.26. The van der Waals surface area contributed by atoms with Crippen LogP contribution in [0.5, 0.6) is 0 Å². The van der Waals surface area contributed by atoms with Gasteiger partial charge in [-0.3, -0.25) is 0 Å². The zero-order valence-electron chi connectivity index (χ0n) is 12.4. The molecule has 1 heterocycles. The van der Waals surface area contributed by atoms with Crippen molar-refractivity contribution in [2.75, 3.05) is 18.0 Å². The Morgan fingerprint density at radius 2 is 1.83 bits per heavy atom. The highest BCUT2D eigenvalue weighted by molar-refractivity contribution is 5.49. The van der Waals surface area contributed by atoms with Gasteiger partial charge < -0.3 is 4.90 Å². The Kier molecular flexibility index (Phi) is 3.99. The van der Waals surface area contributed by atoms with E-state index in [1.807, 2.05) is 0 Å². The largest absolute Gasteiger partial charge is 0.372 e. The normalized spacial score (nSPS) is 18.1. The molecule has 1 aromatic carbocycles. The van der Waals surface area contributed by atoms with E-state index in [2.05, 4.69) is 56.9 Å². The van der Waals surface area contributed by atoms with Gasteiger partial charge in [-0.15, -0.1) is 0 Å². The van der Waals surface area contributed by atoms with Gasteiger partial charge in [0.05, 0.1) is 0 Å². The average molecular weight is 245 g/mol. The SMILES string of the molecule is CC1CCN(c2cccc(CC(C)(C)C)c2)CC1. The Bertz CT molecular complexity index is 381. The van der Waals surface area contributed by atoms with Crippen molar-refractivity contribution in [2.45, 2.75) is 47.0 Å². The second-order valence-corrected chi connectivity index (χ2v) is 7.08. The molecule has 1 saturated heterocycles. The first kappa shape index (κ1) is 13.5. The molecule has 0 bridgehead atoms. The molecule has 0 N–H and O–H groups in total. The fourth-order valence-corrected chi connectivity index (χ4v) is 2.74. The molecule has 0 aromatic heterocycles. The van der Waals surface area contributed by atoms with Crippen molar-refractivity contribution >= 4 is 5.69 Å². The Hall–Kier alpha value is -0.980. The third-order valence-electron chi connectivity index (χ3n) is 3.79. The van der Waals surface area contributed by atoms with Crippen molar-refractivity contribution in [3.8, 4) is 0 Å². The summed E-state index contributed by atoms with van der Waals surface area (Å²) in [6, 6.07) is 9.14. The van der Waals surface area contributed by atoms with Gasteiger partial charge in [-0.05, 0) is 48.3 Å². The van der Waals surface area contributed by atoms with Crippen LogP contribution in [0.2, 0.25) is 0 Å². The monoisotopic (exact) mass is 245 g/mol. The van der Waals surface area contributed by atoms with Gasteiger partial charge in [0.2, 0.25) is 0 Å². The van der Waals surface area contributed by atoms with E-state index < -0.39 is 0 Å². The van der Waals surface area contributed by atoms with E-state index in [1.165, 1.54) is 37.2 Å². The molecule has 0 unspecified atom stereocenters. The van der Waals surface area contributed by atoms with E-state index in [0.29, 0.717) is 5.41 Å². The first-order valence-electron chi connectivity index (χ1n) is 7.28. The van der Waals surface area contributed by atoms with E-state index in [1.54, 1.807) is 0 Å². The predicted octanol–water partition coefficient (Wildman–Crippen LogP) is 4.51. The number of rotatable bonds is 2. The molecular weight excluding hydrogens is 218 g/mol. The van der Waals surface area contributed by atoms with Gasteiger partial charge in [0.15, 0.2) is 0 Å². The molecular formula is C17H27N. The highest BCUT2D eigenvalue weighted by Gasteiger charge is 2.17. The van der Waals surface area contributed by atoms with Gasteiger partial charge in [-0.25, -0.2) is 0 Å². The van der Waals surface area contributed by atoms with Crippen LogP contribution >= 0.6 is 0 Å². The number of hydrogen-bond acceptors (Lipinski definition) is 1. The summed E-state index contributed by atoms with van der Waals surface area (Å²) in [6.07, 6.45) is 3.83. The summed E-state index contributed by atoms with van der Waals surface area (Å²) in [7, 11) is 0. The van der Waals surface area contributed by atoms with Gasteiger partial charge in [-0.1, -0.05) is 39.8 Å². The number of benzene rings is 1. The van der Waals surface area contributed by atoms with Crippen molar-refractivity contribution in [2.24, 2.45) is 11.3 Å². The summed E-state index contributed by atoms with van der Waals surface area (Å²) in [5, 5.41) is 0. The number of hydrogen-bond donors (Lipinski definition) is 0. The predicted molar refractivity (Wildman–Crippen MR) is 80.2 cm³/mol. The number of piperidine rings is 1. The molecule has 100 valence electrons. The van der Waals surface area contributed by atoms with Crippen LogP contribution in [-0.2, 0) is 6.42 Å². The zero-order chi connectivity index (χ0) is 13.2. The third-order valence-corrected chi connectivity index (χ3v) is 3.79. The van der Waals surface area contributed by atoms with Crippen molar-refractivity contribution in [3.05, 3.63) is 29.8 Å². The summed E-state index contributed by atoms with van der Waals surface area (Å²) in [4.78, 5) is 2.55. The van der Waals surface area contributed by atoms with Crippen LogP contribution in [0.4, 0.5) is 5.69 Å². The maximum Gasteiger partial charge on any atom is 0.0368 e. The van der Waals surface area contributed by atoms with E-state index in [-0.39, 0.29) is 0 Å². The lowest BCUT2D eigenvalue weighted by atomic mass is 9.88. The molecule has 1 nitrogen and oxygen atoms in total. The highest BCUT2D eigenvalue weighted by atomic mass is 15.1. The van der Waals surface area contributed by atoms with Gasteiger partial charge in [0.25, 0.3) is 0 Å². The van der Waals surface area contributed by atoms with Gasteiger partial charge in [-0.2, -0.15) is 0 Å². The van der Waals surface area contributed by atoms with Crippen molar-refractivity contribution in [1.29, 1.82) is 0 Å². The average Bonchev–Trinajstić information content (AvgIpc) is 2.28. The van der Waals surface area contributed by atoms with Crippen molar-refractivity contribution in [3.63, 3.8) is 0 Å². The molecule has 1 aliphatic heterocycles.